The van der Waals surface area contributed by atoms with Gasteiger partial charge in [0.1, 0.15) is 17.7 Å². The summed E-state index contributed by atoms with van der Waals surface area (Å²) < 4.78 is 13.8. The molecule has 3 aromatic rings. The highest BCUT2D eigenvalue weighted by Gasteiger charge is 2.33. The Bertz CT molecular complexity index is 1220. The second-order valence-corrected chi connectivity index (χ2v) is 9.92. The largest absolute Gasteiger partial charge is 0.351 e. The van der Waals surface area contributed by atoms with Gasteiger partial charge in [0.05, 0.1) is 0 Å². The Morgan fingerprint density at radius 3 is 2.31 bits per heavy atom. The van der Waals surface area contributed by atoms with Crippen molar-refractivity contribution in [2.45, 2.75) is 70.0 Å². The summed E-state index contributed by atoms with van der Waals surface area (Å²) in [7, 11) is 0. The average Bonchev–Trinajstić information content (AvgIpc) is 2.95. The number of hydrogen-bond donors (Lipinski definition) is 2. The summed E-state index contributed by atoms with van der Waals surface area (Å²) in [6.07, 6.45) is 7.18. The lowest BCUT2D eigenvalue weighted by Crippen LogP contribution is -2.46. The minimum absolute atomic E-state index is 0.0539. The van der Waals surface area contributed by atoms with E-state index in [9.17, 15) is 18.8 Å². The first-order chi connectivity index (χ1) is 19.0. The highest BCUT2D eigenvalue weighted by molar-refractivity contribution is 5.91. The van der Waals surface area contributed by atoms with Crippen molar-refractivity contribution in [2.24, 2.45) is 0 Å². The zero-order chi connectivity index (χ0) is 27.5. The Balaban J connectivity index is 1.52. The maximum atomic E-state index is 13.8. The fraction of sp³-hybridized carbons (Fsp3) is 0.355. The van der Waals surface area contributed by atoms with Crippen LogP contribution in [0.15, 0.2) is 79.0 Å². The van der Waals surface area contributed by atoms with Gasteiger partial charge in [-0.2, -0.15) is 0 Å². The number of nitrogens with one attached hydrogen (secondary N) is 2. The molecule has 7 nitrogen and oxygen atoms in total. The molecule has 3 amide bonds. The molecule has 8 heteroatoms. The van der Waals surface area contributed by atoms with Gasteiger partial charge in [-0.05, 0) is 54.7 Å². The standard InChI is InChI=1S/C31H35FN4O3/c32-25-19-17-24(18-20-25)30(31(39)34-26-12-5-2-6-13-26)36(22-23-10-3-1-4-11-23)29(38)16-9-15-28(37)35-27-14-7-8-21-33-27/h1,3-4,7-8,10-11,14,17-21,26,30H,2,5-6,9,12-13,15-16,22H2,(H,34,39)(H,33,35,37)/t30-/m1/s1. The molecule has 0 unspecified atom stereocenters. The monoisotopic (exact) mass is 530 g/mol. The van der Waals surface area contributed by atoms with Crippen LogP contribution in [-0.2, 0) is 20.9 Å². The van der Waals surface area contributed by atoms with Gasteiger partial charge in [0.2, 0.25) is 17.7 Å². The third-order valence-corrected chi connectivity index (χ3v) is 6.94. The average molecular weight is 531 g/mol. The Morgan fingerprint density at radius 2 is 1.62 bits per heavy atom. The van der Waals surface area contributed by atoms with Gasteiger partial charge in [-0.25, -0.2) is 9.37 Å². The van der Waals surface area contributed by atoms with Crippen LogP contribution in [0.5, 0.6) is 0 Å². The molecule has 1 aliphatic rings. The SMILES string of the molecule is O=C(CCCC(=O)N(Cc1ccccc1)[C@@H](C(=O)NC1CCCCC1)c1ccc(F)cc1)Nc1ccccn1. The Morgan fingerprint density at radius 1 is 0.897 bits per heavy atom. The van der Waals surface area contributed by atoms with Gasteiger partial charge in [-0.3, -0.25) is 14.4 Å². The van der Waals surface area contributed by atoms with E-state index in [0.717, 1.165) is 37.7 Å². The number of rotatable bonds is 11. The number of hydrogen-bond acceptors (Lipinski definition) is 4. The molecule has 0 bridgehead atoms. The summed E-state index contributed by atoms with van der Waals surface area (Å²) in [6.45, 7) is 0.208. The molecule has 1 atom stereocenters. The summed E-state index contributed by atoms with van der Waals surface area (Å²) in [5.41, 5.74) is 1.42. The molecule has 1 fully saturated rings. The number of aromatic nitrogens is 1. The van der Waals surface area contributed by atoms with Gasteiger partial charge in [-0.15, -0.1) is 0 Å². The van der Waals surface area contributed by atoms with Gasteiger partial charge in [-0.1, -0.05) is 67.8 Å². The van der Waals surface area contributed by atoms with E-state index in [0.29, 0.717) is 17.8 Å². The van der Waals surface area contributed by atoms with E-state index >= 15 is 0 Å². The zero-order valence-electron chi connectivity index (χ0n) is 22.0. The lowest BCUT2D eigenvalue weighted by atomic mass is 9.94. The van der Waals surface area contributed by atoms with Crippen LogP contribution in [0, 0.1) is 5.82 Å². The maximum absolute atomic E-state index is 13.8. The van der Waals surface area contributed by atoms with Gasteiger partial charge < -0.3 is 15.5 Å². The second-order valence-electron chi connectivity index (χ2n) is 9.92. The van der Waals surface area contributed by atoms with Crippen LogP contribution in [0.4, 0.5) is 10.2 Å². The van der Waals surface area contributed by atoms with Crippen LogP contribution >= 0.6 is 0 Å². The maximum Gasteiger partial charge on any atom is 0.247 e. The summed E-state index contributed by atoms with van der Waals surface area (Å²) in [4.78, 5) is 45.5. The van der Waals surface area contributed by atoms with Crippen LogP contribution in [0.25, 0.3) is 0 Å². The molecule has 204 valence electrons. The summed E-state index contributed by atoms with van der Waals surface area (Å²) in [5, 5.41) is 5.88. The molecule has 0 radical (unpaired) electrons. The smallest absolute Gasteiger partial charge is 0.247 e. The molecule has 1 heterocycles. The number of halogens is 1. The summed E-state index contributed by atoms with van der Waals surface area (Å²) in [5.74, 6) is -0.718. The van der Waals surface area contributed by atoms with Crippen molar-refractivity contribution in [2.75, 3.05) is 5.32 Å². The van der Waals surface area contributed by atoms with Crippen molar-refractivity contribution in [1.29, 1.82) is 0 Å². The van der Waals surface area contributed by atoms with Crippen LogP contribution in [0.1, 0.15) is 68.5 Å². The van der Waals surface area contributed by atoms with Gasteiger partial charge in [0.15, 0.2) is 0 Å². The molecule has 1 aliphatic carbocycles. The number of amides is 3. The first-order valence-corrected chi connectivity index (χ1v) is 13.6. The van der Waals surface area contributed by atoms with E-state index in [-0.39, 0.29) is 43.1 Å². The lowest BCUT2D eigenvalue weighted by Gasteiger charge is -2.33. The lowest BCUT2D eigenvalue weighted by molar-refractivity contribution is -0.142. The quantitative estimate of drug-likeness (QED) is 0.340. The minimum Gasteiger partial charge on any atom is -0.351 e. The van der Waals surface area contributed by atoms with Crippen molar-refractivity contribution in [3.63, 3.8) is 0 Å². The first-order valence-electron chi connectivity index (χ1n) is 13.6. The third kappa shape index (κ3) is 8.46. The third-order valence-electron chi connectivity index (χ3n) is 6.94. The van der Waals surface area contributed by atoms with E-state index in [1.165, 1.54) is 12.1 Å². The Kier molecular flexibility index (Phi) is 10.2. The molecule has 1 aromatic heterocycles. The molecule has 4 rings (SSSR count). The number of benzene rings is 2. The summed E-state index contributed by atoms with van der Waals surface area (Å²) >= 11 is 0. The first kappa shape index (κ1) is 28.0. The zero-order valence-corrected chi connectivity index (χ0v) is 22.0. The highest BCUT2D eigenvalue weighted by Crippen LogP contribution is 2.27. The number of pyridine rings is 1. The van der Waals surface area contributed by atoms with Crippen molar-refractivity contribution in [3.8, 4) is 0 Å². The predicted octanol–water partition coefficient (Wildman–Crippen LogP) is 5.55. The molecular formula is C31H35FN4O3. The van der Waals surface area contributed by atoms with E-state index in [2.05, 4.69) is 15.6 Å². The number of anilines is 1. The van der Waals surface area contributed by atoms with Crippen LogP contribution in [-0.4, -0.2) is 33.6 Å². The van der Waals surface area contributed by atoms with Crippen molar-refractivity contribution in [1.82, 2.24) is 15.2 Å². The van der Waals surface area contributed by atoms with Gasteiger partial charge in [0, 0.05) is 31.6 Å². The fourth-order valence-electron chi connectivity index (χ4n) is 4.93. The molecule has 0 saturated heterocycles. The van der Waals surface area contributed by atoms with Crippen molar-refractivity contribution in [3.05, 3.63) is 95.9 Å². The Labute approximate surface area is 228 Å². The molecule has 1 saturated carbocycles. The molecule has 2 N–H and O–H groups in total. The van der Waals surface area contributed by atoms with E-state index in [1.807, 2.05) is 30.3 Å². The van der Waals surface area contributed by atoms with E-state index in [1.54, 1.807) is 41.4 Å². The van der Waals surface area contributed by atoms with E-state index in [4.69, 9.17) is 0 Å². The molecule has 0 spiro atoms. The number of carbonyl (C=O) groups excluding carboxylic acids is 3. The fourth-order valence-corrected chi connectivity index (χ4v) is 4.93. The van der Waals surface area contributed by atoms with Crippen LogP contribution < -0.4 is 10.6 Å². The molecule has 0 aliphatic heterocycles. The van der Waals surface area contributed by atoms with Crippen LogP contribution in [0.2, 0.25) is 0 Å². The highest BCUT2D eigenvalue weighted by atomic mass is 19.1. The van der Waals surface area contributed by atoms with Crippen molar-refractivity contribution >= 4 is 23.5 Å². The minimum atomic E-state index is -0.928. The second kappa shape index (κ2) is 14.2. The molecule has 39 heavy (non-hydrogen) atoms. The molecule has 2 aromatic carbocycles. The number of carbonyl (C=O) groups is 3. The molecular weight excluding hydrogens is 495 g/mol. The Hall–Kier alpha value is -4.07. The van der Waals surface area contributed by atoms with E-state index < -0.39 is 11.9 Å². The normalized spacial score (nSPS) is 14.3. The van der Waals surface area contributed by atoms with Gasteiger partial charge >= 0.3 is 0 Å². The van der Waals surface area contributed by atoms with Gasteiger partial charge in [0.25, 0.3) is 0 Å². The van der Waals surface area contributed by atoms with Crippen molar-refractivity contribution < 1.29 is 18.8 Å². The summed E-state index contributed by atoms with van der Waals surface area (Å²) in [6, 6.07) is 19.6. The topological polar surface area (TPSA) is 91.4 Å². The predicted molar refractivity (Wildman–Crippen MR) is 148 cm³/mol. The van der Waals surface area contributed by atoms with Crippen LogP contribution in [0.3, 0.4) is 0 Å². The number of nitrogens with zero attached hydrogens (tertiary/aromatic N) is 2.